The van der Waals surface area contributed by atoms with Crippen molar-refractivity contribution in [3.8, 4) is 0 Å². The number of Topliss-reactive ketones (excluding diaryl/α,β-unsaturated/α-hetero) is 1. The number of nitrogens with two attached hydrogens (primary N) is 1. The van der Waals surface area contributed by atoms with Crippen molar-refractivity contribution in [2.24, 2.45) is 9.98 Å². The summed E-state index contributed by atoms with van der Waals surface area (Å²) in [6.45, 7) is 0.518. The second-order valence-corrected chi connectivity index (χ2v) is 7.57. The minimum atomic E-state index is -0.0967. The predicted molar refractivity (Wildman–Crippen MR) is 128 cm³/mol. The summed E-state index contributed by atoms with van der Waals surface area (Å²) in [6, 6.07) is 7.94. The van der Waals surface area contributed by atoms with E-state index in [2.05, 4.69) is 22.1 Å². The monoisotopic (exact) mass is 427 g/mol. The lowest BCUT2D eigenvalue weighted by Crippen LogP contribution is -2.12. The van der Waals surface area contributed by atoms with Crippen molar-refractivity contribution in [2.45, 2.75) is 25.7 Å². The molecule has 2 aliphatic rings. The van der Waals surface area contributed by atoms with Crippen LogP contribution < -0.4 is 5.73 Å². The van der Waals surface area contributed by atoms with E-state index in [1.165, 1.54) is 6.21 Å². The normalized spacial score (nSPS) is 15.6. The van der Waals surface area contributed by atoms with Gasteiger partial charge in [0.2, 0.25) is 0 Å². The van der Waals surface area contributed by atoms with E-state index < -0.39 is 0 Å². The van der Waals surface area contributed by atoms with Crippen molar-refractivity contribution in [1.29, 1.82) is 0 Å². The van der Waals surface area contributed by atoms with E-state index in [0.717, 1.165) is 28.2 Å². The van der Waals surface area contributed by atoms with Crippen LogP contribution in [-0.4, -0.2) is 45.9 Å². The van der Waals surface area contributed by atoms with E-state index in [1.54, 1.807) is 6.20 Å². The smallest absolute Gasteiger partial charge is 0.199 e. The molecule has 0 saturated carbocycles. The number of fused-ring (bicyclic) bond motifs is 1. The van der Waals surface area contributed by atoms with Gasteiger partial charge in [0, 0.05) is 25.1 Å². The van der Waals surface area contributed by atoms with E-state index >= 15 is 0 Å². The van der Waals surface area contributed by atoms with Crippen LogP contribution in [-0.2, 0) is 4.79 Å². The van der Waals surface area contributed by atoms with Crippen LogP contribution >= 0.6 is 0 Å². The van der Waals surface area contributed by atoms with Gasteiger partial charge >= 0.3 is 0 Å². The second-order valence-electron chi connectivity index (χ2n) is 7.57. The van der Waals surface area contributed by atoms with Crippen LogP contribution in [0.25, 0.3) is 11.6 Å². The molecule has 3 N–H and O–H groups in total. The third kappa shape index (κ3) is 4.95. The van der Waals surface area contributed by atoms with Gasteiger partial charge < -0.3 is 10.8 Å². The van der Waals surface area contributed by atoms with Crippen molar-refractivity contribution in [1.82, 2.24) is 9.97 Å². The Bertz CT molecular complexity index is 1170. The molecule has 0 unspecified atom stereocenters. The van der Waals surface area contributed by atoms with E-state index in [-0.39, 0.29) is 12.4 Å². The second kappa shape index (κ2) is 10.1. The molecule has 2 aromatic rings. The van der Waals surface area contributed by atoms with E-state index in [0.29, 0.717) is 49.3 Å². The number of aliphatic hydroxyl groups is 1. The zero-order chi connectivity index (χ0) is 22.3. The number of carbonyl (C=O) groups excluding carboxylic acids is 1. The Kier molecular flexibility index (Phi) is 6.77. The fourth-order valence-corrected chi connectivity index (χ4v) is 3.58. The molecule has 2 heterocycles. The molecule has 162 valence electrons. The Balaban J connectivity index is 1.58. The van der Waals surface area contributed by atoms with Gasteiger partial charge in [-0.2, -0.15) is 0 Å². The number of nitrogen functional groups attached to an aromatic ring is 1. The number of benzene rings is 1. The zero-order valence-corrected chi connectivity index (χ0v) is 17.7. The predicted octanol–water partition coefficient (Wildman–Crippen LogP) is 3.72. The van der Waals surface area contributed by atoms with Crippen LogP contribution in [0.5, 0.6) is 0 Å². The number of carbonyl (C=O) groups is 1. The minimum Gasteiger partial charge on any atom is -0.396 e. The van der Waals surface area contributed by atoms with Gasteiger partial charge in [0.1, 0.15) is 5.69 Å². The van der Waals surface area contributed by atoms with Gasteiger partial charge in [-0.1, -0.05) is 42.5 Å². The van der Waals surface area contributed by atoms with Crippen LogP contribution in [0.3, 0.4) is 0 Å². The van der Waals surface area contributed by atoms with Gasteiger partial charge in [-0.3, -0.25) is 14.8 Å². The number of allylic oxidation sites excluding steroid dienone is 5. The molecule has 0 atom stereocenters. The standard InChI is InChI=1S/C25H25N5O2/c26-25-24(21-8-3-6-17-5-1-2-7-20(17)29-21)30-22(15-28-25)18-9-11-19(12-10-18)23(32)16-27-13-4-14-31/h1-3,5-7,9,11,15-16,31H,4,8,10,12-14H2,(H2,26,28). The highest BCUT2D eigenvalue weighted by atomic mass is 16.3. The van der Waals surface area contributed by atoms with E-state index in [1.807, 2.05) is 36.4 Å². The molecule has 7 heteroatoms. The molecule has 0 bridgehead atoms. The van der Waals surface area contributed by atoms with Crippen molar-refractivity contribution in [3.63, 3.8) is 0 Å². The summed E-state index contributed by atoms with van der Waals surface area (Å²) in [7, 11) is 0. The molecular weight excluding hydrogens is 402 g/mol. The number of para-hydroxylation sites is 1. The molecule has 1 aliphatic carbocycles. The Morgan fingerprint density at radius 3 is 2.91 bits per heavy atom. The van der Waals surface area contributed by atoms with Crippen LogP contribution in [0.1, 0.15) is 42.6 Å². The van der Waals surface area contributed by atoms with Crippen LogP contribution in [0.2, 0.25) is 0 Å². The summed E-state index contributed by atoms with van der Waals surface area (Å²) in [5.74, 6) is 0.253. The van der Waals surface area contributed by atoms with Crippen molar-refractivity contribution in [3.05, 3.63) is 71.2 Å². The zero-order valence-electron chi connectivity index (χ0n) is 17.7. The molecule has 4 rings (SSSR count). The molecule has 0 saturated heterocycles. The molecule has 0 spiro atoms. The van der Waals surface area contributed by atoms with Gasteiger partial charge in [0.05, 0.1) is 29.5 Å². The lowest BCUT2D eigenvalue weighted by atomic mass is 9.94. The Hall–Kier alpha value is -3.71. The number of nitrogens with zero attached hydrogens (tertiary/aromatic N) is 4. The van der Waals surface area contributed by atoms with Crippen LogP contribution in [0, 0.1) is 0 Å². The maximum atomic E-state index is 12.3. The summed E-state index contributed by atoms with van der Waals surface area (Å²) in [6.07, 6.45) is 13.3. The fourth-order valence-electron chi connectivity index (χ4n) is 3.58. The van der Waals surface area contributed by atoms with Crippen molar-refractivity contribution in [2.75, 3.05) is 18.9 Å². The summed E-state index contributed by atoms with van der Waals surface area (Å²) in [5.41, 5.74) is 11.9. The van der Waals surface area contributed by atoms with Gasteiger partial charge in [0.25, 0.3) is 0 Å². The molecule has 0 radical (unpaired) electrons. The maximum absolute atomic E-state index is 12.3. The molecule has 0 fully saturated rings. The Labute approximate surface area is 186 Å². The van der Waals surface area contributed by atoms with Gasteiger partial charge in [-0.05, 0) is 36.5 Å². The molecule has 1 aromatic carbocycles. The topological polar surface area (TPSA) is 114 Å². The Morgan fingerprint density at radius 1 is 1.22 bits per heavy atom. The number of hydrogen-bond acceptors (Lipinski definition) is 7. The molecule has 7 nitrogen and oxygen atoms in total. The number of hydrogen-bond donors (Lipinski definition) is 2. The molecule has 1 aromatic heterocycles. The molecule has 32 heavy (non-hydrogen) atoms. The highest BCUT2D eigenvalue weighted by Crippen LogP contribution is 2.29. The minimum absolute atomic E-state index is 0.0696. The number of rotatable bonds is 7. The lowest BCUT2D eigenvalue weighted by Gasteiger charge is -2.14. The average molecular weight is 428 g/mol. The van der Waals surface area contributed by atoms with Gasteiger partial charge in [-0.25, -0.2) is 9.97 Å². The highest BCUT2D eigenvalue weighted by Gasteiger charge is 2.18. The third-order valence-corrected chi connectivity index (χ3v) is 5.32. The fraction of sp³-hybridized carbons (Fsp3) is 0.240. The van der Waals surface area contributed by atoms with Crippen molar-refractivity contribution >= 4 is 40.9 Å². The van der Waals surface area contributed by atoms with Gasteiger partial charge in [-0.15, -0.1) is 0 Å². The maximum Gasteiger partial charge on any atom is 0.199 e. The number of aliphatic imine (C=N–C) groups is 2. The first kappa shape index (κ1) is 21.5. The lowest BCUT2D eigenvalue weighted by molar-refractivity contribution is -0.109. The number of aromatic nitrogens is 2. The summed E-state index contributed by atoms with van der Waals surface area (Å²) in [5, 5.41) is 8.79. The number of ketones is 1. The third-order valence-electron chi connectivity index (χ3n) is 5.32. The first-order valence-corrected chi connectivity index (χ1v) is 10.7. The SMILES string of the molecule is Nc1ncc(C2=CC=C(C(=O)C=NCCCO)CC2)nc1C1=Nc2ccccc2C=CC1. The first-order valence-electron chi connectivity index (χ1n) is 10.7. The summed E-state index contributed by atoms with van der Waals surface area (Å²) >= 11 is 0. The number of anilines is 1. The largest absolute Gasteiger partial charge is 0.396 e. The van der Waals surface area contributed by atoms with E-state index in [9.17, 15) is 4.79 Å². The van der Waals surface area contributed by atoms with Crippen molar-refractivity contribution < 1.29 is 9.90 Å². The first-order chi connectivity index (χ1) is 15.7. The molecule has 0 amide bonds. The Morgan fingerprint density at radius 2 is 2.09 bits per heavy atom. The van der Waals surface area contributed by atoms with E-state index in [4.69, 9.17) is 20.8 Å². The van der Waals surface area contributed by atoms with Gasteiger partial charge in [0.15, 0.2) is 11.6 Å². The average Bonchev–Trinajstić information content (AvgIpc) is 3.04. The van der Waals surface area contributed by atoms with Crippen LogP contribution in [0.4, 0.5) is 11.5 Å². The highest BCUT2D eigenvalue weighted by molar-refractivity contribution is 6.35. The molecule has 1 aliphatic heterocycles. The summed E-state index contributed by atoms with van der Waals surface area (Å²) < 4.78 is 0. The van der Waals surface area contributed by atoms with Crippen LogP contribution in [0.15, 0.2) is 64.2 Å². The molecular formula is C25H25N5O2. The summed E-state index contributed by atoms with van der Waals surface area (Å²) in [4.78, 5) is 30.3. The quantitative estimate of drug-likeness (QED) is 0.516. The number of aliphatic hydroxyl groups excluding tert-OH is 1.